The van der Waals surface area contributed by atoms with Gasteiger partial charge in [-0.3, -0.25) is 0 Å². The lowest BCUT2D eigenvalue weighted by atomic mass is 10.2. The molecule has 86 valence electrons. The second kappa shape index (κ2) is 5.87. The maximum atomic E-state index is 8.71. The zero-order chi connectivity index (χ0) is 11.9. The summed E-state index contributed by atoms with van der Waals surface area (Å²) in [5.74, 6) is 1.60. The van der Waals surface area contributed by atoms with Gasteiger partial charge in [-0.15, -0.1) is 0 Å². The third kappa shape index (κ3) is 3.47. The molecule has 2 nitrogen and oxygen atoms in total. The summed E-state index contributed by atoms with van der Waals surface area (Å²) in [6.07, 6.45) is 3.56. The van der Waals surface area contributed by atoms with Crippen molar-refractivity contribution in [1.29, 1.82) is 0 Å². The largest absolute Gasteiger partial charge is 0.457 e. The highest BCUT2D eigenvalue weighted by Gasteiger charge is 1.96. The van der Waals surface area contributed by atoms with Crippen molar-refractivity contribution >= 4 is 6.08 Å². The van der Waals surface area contributed by atoms with Gasteiger partial charge in [0.25, 0.3) is 0 Å². The van der Waals surface area contributed by atoms with Gasteiger partial charge in [0.15, 0.2) is 0 Å². The van der Waals surface area contributed by atoms with Gasteiger partial charge in [-0.2, -0.15) is 0 Å². The summed E-state index contributed by atoms with van der Waals surface area (Å²) in [6, 6.07) is 17.4. The van der Waals surface area contributed by atoms with Crippen molar-refractivity contribution in [3.63, 3.8) is 0 Å². The molecule has 2 aromatic rings. The van der Waals surface area contributed by atoms with Gasteiger partial charge in [0, 0.05) is 0 Å². The Hall–Kier alpha value is -2.06. The van der Waals surface area contributed by atoms with Crippen LogP contribution in [0.15, 0.2) is 60.7 Å². The summed E-state index contributed by atoms with van der Waals surface area (Å²) in [5, 5.41) is 8.71. The van der Waals surface area contributed by atoms with Crippen LogP contribution in [0.1, 0.15) is 5.56 Å². The first-order valence-corrected chi connectivity index (χ1v) is 5.49. The number of aliphatic hydroxyl groups is 1. The second-order valence-electron chi connectivity index (χ2n) is 3.57. The van der Waals surface area contributed by atoms with Crippen molar-refractivity contribution in [2.75, 3.05) is 6.61 Å². The monoisotopic (exact) mass is 226 g/mol. The minimum absolute atomic E-state index is 0.0454. The molecule has 0 aliphatic rings. The maximum absolute atomic E-state index is 8.71. The van der Waals surface area contributed by atoms with Crippen LogP contribution in [-0.2, 0) is 0 Å². The van der Waals surface area contributed by atoms with Crippen LogP contribution < -0.4 is 4.74 Å². The average molecular weight is 226 g/mol. The van der Waals surface area contributed by atoms with Crippen molar-refractivity contribution in [2.45, 2.75) is 0 Å². The molecule has 0 atom stereocenters. The molecule has 0 saturated carbocycles. The summed E-state index contributed by atoms with van der Waals surface area (Å²) >= 11 is 0. The molecule has 0 aliphatic carbocycles. The Morgan fingerprint density at radius 1 is 0.941 bits per heavy atom. The molecular weight excluding hydrogens is 212 g/mol. The lowest BCUT2D eigenvalue weighted by molar-refractivity contribution is 0.343. The van der Waals surface area contributed by atoms with Gasteiger partial charge < -0.3 is 9.84 Å². The van der Waals surface area contributed by atoms with Gasteiger partial charge in [-0.1, -0.05) is 42.5 Å². The topological polar surface area (TPSA) is 29.5 Å². The minimum atomic E-state index is 0.0454. The Labute approximate surface area is 101 Å². The highest BCUT2D eigenvalue weighted by atomic mass is 16.5. The fraction of sp³-hybridized carbons (Fsp3) is 0.0667. The molecule has 2 rings (SSSR count). The maximum Gasteiger partial charge on any atom is 0.128 e. The quantitative estimate of drug-likeness (QED) is 0.864. The summed E-state index contributed by atoms with van der Waals surface area (Å²) in [4.78, 5) is 0. The van der Waals surface area contributed by atoms with Crippen molar-refractivity contribution in [1.82, 2.24) is 0 Å². The number of hydrogen-bond acceptors (Lipinski definition) is 2. The summed E-state index contributed by atoms with van der Waals surface area (Å²) in [6.45, 7) is 0.0454. The van der Waals surface area contributed by atoms with Gasteiger partial charge in [0.1, 0.15) is 11.5 Å². The summed E-state index contributed by atoms with van der Waals surface area (Å²) in [5.41, 5.74) is 1.01. The van der Waals surface area contributed by atoms with Crippen LogP contribution in [-0.4, -0.2) is 11.7 Å². The fourth-order valence-electron chi connectivity index (χ4n) is 1.50. The molecule has 0 radical (unpaired) electrons. The molecule has 0 aromatic heterocycles. The van der Waals surface area contributed by atoms with Crippen LogP contribution >= 0.6 is 0 Å². The van der Waals surface area contributed by atoms with Crippen molar-refractivity contribution in [3.8, 4) is 11.5 Å². The molecule has 0 amide bonds. The minimum Gasteiger partial charge on any atom is -0.457 e. The van der Waals surface area contributed by atoms with Crippen LogP contribution in [0.2, 0.25) is 0 Å². The Morgan fingerprint density at radius 2 is 1.71 bits per heavy atom. The first-order valence-electron chi connectivity index (χ1n) is 5.49. The Morgan fingerprint density at radius 3 is 2.47 bits per heavy atom. The zero-order valence-corrected chi connectivity index (χ0v) is 9.41. The van der Waals surface area contributed by atoms with Crippen LogP contribution in [0.4, 0.5) is 0 Å². The van der Waals surface area contributed by atoms with E-state index in [0.717, 1.165) is 17.1 Å². The Balaban J connectivity index is 2.14. The number of rotatable bonds is 4. The van der Waals surface area contributed by atoms with E-state index in [1.165, 1.54) is 0 Å². The van der Waals surface area contributed by atoms with E-state index in [2.05, 4.69) is 0 Å². The van der Waals surface area contributed by atoms with Crippen LogP contribution in [0.5, 0.6) is 11.5 Å². The summed E-state index contributed by atoms with van der Waals surface area (Å²) < 4.78 is 5.70. The van der Waals surface area contributed by atoms with E-state index in [4.69, 9.17) is 9.84 Å². The van der Waals surface area contributed by atoms with Crippen molar-refractivity contribution in [3.05, 3.63) is 66.2 Å². The lowest BCUT2D eigenvalue weighted by Gasteiger charge is -2.05. The van der Waals surface area contributed by atoms with E-state index < -0.39 is 0 Å². The highest BCUT2D eigenvalue weighted by molar-refractivity contribution is 5.52. The van der Waals surface area contributed by atoms with E-state index in [1.807, 2.05) is 60.7 Å². The number of benzene rings is 2. The number of hydrogen-bond donors (Lipinski definition) is 1. The second-order valence-corrected chi connectivity index (χ2v) is 3.57. The fourth-order valence-corrected chi connectivity index (χ4v) is 1.50. The molecule has 0 fully saturated rings. The van der Waals surface area contributed by atoms with Gasteiger partial charge in [0.05, 0.1) is 6.61 Å². The average Bonchev–Trinajstić information content (AvgIpc) is 2.38. The number of aliphatic hydroxyl groups excluding tert-OH is 1. The molecule has 0 aliphatic heterocycles. The van der Waals surface area contributed by atoms with Crippen LogP contribution in [0.25, 0.3) is 6.08 Å². The Kier molecular flexibility index (Phi) is 3.95. The molecule has 0 bridgehead atoms. The van der Waals surface area contributed by atoms with E-state index in [-0.39, 0.29) is 6.61 Å². The van der Waals surface area contributed by atoms with Crippen LogP contribution in [0, 0.1) is 0 Å². The Bertz CT molecular complexity index is 489. The molecule has 0 unspecified atom stereocenters. The van der Waals surface area contributed by atoms with Gasteiger partial charge in [-0.05, 0) is 29.8 Å². The molecule has 2 heteroatoms. The molecule has 17 heavy (non-hydrogen) atoms. The van der Waals surface area contributed by atoms with E-state index in [9.17, 15) is 0 Å². The van der Waals surface area contributed by atoms with E-state index >= 15 is 0 Å². The summed E-state index contributed by atoms with van der Waals surface area (Å²) in [7, 11) is 0. The normalized spacial score (nSPS) is 10.6. The third-order valence-electron chi connectivity index (χ3n) is 2.25. The SMILES string of the molecule is OCC=Cc1cccc(Oc2ccccc2)c1. The number of para-hydroxylation sites is 1. The first-order chi connectivity index (χ1) is 8.38. The van der Waals surface area contributed by atoms with E-state index in [0.29, 0.717) is 0 Å². The third-order valence-corrected chi connectivity index (χ3v) is 2.25. The molecule has 0 heterocycles. The van der Waals surface area contributed by atoms with Crippen molar-refractivity contribution < 1.29 is 9.84 Å². The smallest absolute Gasteiger partial charge is 0.128 e. The number of ether oxygens (including phenoxy) is 1. The molecule has 1 N–H and O–H groups in total. The van der Waals surface area contributed by atoms with Crippen LogP contribution in [0.3, 0.4) is 0 Å². The van der Waals surface area contributed by atoms with Crippen molar-refractivity contribution in [2.24, 2.45) is 0 Å². The van der Waals surface area contributed by atoms with Gasteiger partial charge in [-0.25, -0.2) is 0 Å². The highest BCUT2D eigenvalue weighted by Crippen LogP contribution is 2.22. The predicted octanol–water partition coefficient (Wildman–Crippen LogP) is 3.48. The predicted molar refractivity (Wildman–Crippen MR) is 69.1 cm³/mol. The van der Waals surface area contributed by atoms with E-state index in [1.54, 1.807) is 6.08 Å². The first kappa shape index (κ1) is 11.4. The molecule has 0 spiro atoms. The lowest BCUT2D eigenvalue weighted by Crippen LogP contribution is -1.84. The molecule has 2 aromatic carbocycles. The molecular formula is C15H14O2. The molecule has 0 saturated heterocycles. The zero-order valence-electron chi connectivity index (χ0n) is 9.41. The van der Waals surface area contributed by atoms with Gasteiger partial charge in [0.2, 0.25) is 0 Å². The van der Waals surface area contributed by atoms with Gasteiger partial charge >= 0.3 is 0 Å². The standard InChI is InChI=1S/C15H14O2/c16-11-5-7-13-6-4-10-15(12-13)17-14-8-2-1-3-9-14/h1-10,12,16H,11H2.